The van der Waals surface area contributed by atoms with Gasteiger partial charge in [0.2, 0.25) is 5.91 Å². The number of amides is 1. The summed E-state index contributed by atoms with van der Waals surface area (Å²) >= 11 is 11.4. The zero-order valence-corrected chi connectivity index (χ0v) is 10.6. The molecule has 0 N–H and O–H groups in total. The first kappa shape index (κ1) is 13.3. The normalized spacial score (nSPS) is 10.3. The molecule has 1 aromatic rings. The smallest absolute Gasteiger partial charge is 0.227 e. The molecule has 1 aromatic carbocycles. The summed E-state index contributed by atoms with van der Waals surface area (Å²) in [5.41, 5.74) is 0.812. The summed E-state index contributed by atoms with van der Waals surface area (Å²) in [7, 11) is 1.55. The molecule has 16 heavy (non-hydrogen) atoms. The molecule has 0 saturated heterocycles. The van der Waals surface area contributed by atoms with E-state index in [1.54, 1.807) is 14.0 Å². The summed E-state index contributed by atoms with van der Waals surface area (Å²) in [5, 5.41) is 0.351. The highest BCUT2D eigenvalue weighted by Crippen LogP contribution is 2.28. The molecule has 0 saturated carbocycles. The van der Waals surface area contributed by atoms with Gasteiger partial charge in [0.25, 0.3) is 0 Å². The summed E-state index contributed by atoms with van der Waals surface area (Å²) in [6.07, 6.45) is 0.198. The molecule has 0 radical (unpaired) electrons. The van der Waals surface area contributed by atoms with E-state index in [-0.39, 0.29) is 24.0 Å². The number of carbonyl (C=O) groups is 1. The Labute approximate surface area is 104 Å². The van der Waals surface area contributed by atoms with Crippen molar-refractivity contribution in [2.24, 2.45) is 0 Å². The molecular formula is C11H12Cl2FNO. The minimum absolute atomic E-state index is 0.194. The largest absolute Gasteiger partial charge is 0.314 e. The van der Waals surface area contributed by atoms with Crippen LogP contribution in [-0.2, 0) is 4.79 Å². The third-order valence-corrected chi connectivity index (χ3v) is 2.76. The van der Waals surface area contributed by atoms with Gasteiger partial charge >= 0.3 is 0 Å². The van der Waals surface area contributed by atoms with E-state index in [0.29, 0.717) is 16.3 Å². The lowest BCUT2D eigenvalue weighted by Crippen LogP contribution is -2.26. The second-order valence-electron chi connectivity index (χ2n) is 3.44. The van der Waals surface area contributed by atoms with Crippen LogP contribution in [-0.4, -0.2) is 18.8 Å². The molecule has 88 valence electrons. The number of hydrogen-bond acceptors (Lipinski definition) is 1. The SMILES string of the molecule is Cc1cc(Cl)c(N(C)C(=O)CCCl)cc1F. The van der Waals surface area contributed by atoms with Crippen molar-refractivity contribution < 1.29 is 9.18 Å². The van der Waals surface area contributed by atoms with Crippen molar-refractivity contribution in [1.82, 2.24) is 0 Å². The van der Waals surface area contributed by atoms with E-state index in [1.807, 2.05) is 0 Å². The Hall–Kier alpha value is -0.800. The lowest BCUT2D eigenvalue weighted by atomic mass is 10.2. The molecule has 1 amide bonds. The molecule has 0 aliphatic heterocycles. The fourth-order valence-electron chi connectivity index (χ4n) is 1.28. The van der Waals surface area contributed by atoms with E-state index >= 15 is 0 Å². The predicted molar refractivity (Wildman–Crippen MR) is 64.9 cm³/mol. The van der Waals surface area contributed by atoms with E-state index in [4.69, 9.17) is 23.2 Å². The number of benzene rings is 1. The Kier molecular flexibility index (Phi) is 4.56. The maximum absolute atomic E-state index is 13.3. The number of alkyl halides is 1. The lowest BCUT2D eigenvalue weighted by molar-refractivity contribution is -0.117. The van der Waals surface area contributed by atoms with Crippen LogP contribution in [0.3, 0.4) is 0 Å². The minimum Gasteiger partial charge on any atom is -0.314 e. The third-order valence-electron chi connectivity index (χ3n) is 2.27. The van der Waals surface area contributed by atoms with Crippen LogP contribution in [0.5, 0.6) is 0 Å². The number of nitrogens with zero attached hydrogens (tertiary/aromatic N) is 1. The van der Waals surface area contributed by atoms with Gasteiger partial charge in [0.15, 0.2) is 0 Å². The first-order chi connectivity index (χ1) is 7.47. The highest BCUT2D eigenvalue weighted by Gasteiger charge is 2.15. The summed E-state index contributed by atoms with van der Waals surface area (Å²) in [6, 6.07) is 2.75. The molecule has 5 heteroatoms. The topological polar surface area (TPSA) is 20.3 Å². The van der Waals surface area contributed by atoms with Gasteiger partial charge in [0.1, 0.15) is 5.82 Å². The number of rotatable bonds is 3. The van der Waals surface area contributed by atoms with E-state index in [0.717, 1.165) is 0 Å². The standard InChI is InChI=1S/C11H12Cl2FNO/c1-7-5-8(13)10(6-9(7)14)15(2)11(16)3-4-12/h5-6H,3-4H2,1-2H3. The first-order valence-corrected chi connectivity index (χ1v) is 5.66. The molecule has 0 heterocycles. The molecule has 2 nitrogen and oxygen atoms in total. The zero-order chi connectivity index (χ0) is 12.3. The number of halogens is 3. The molecule has 1 rings (SSSR count). The van der Waals surface area contributed by atoms with Crippen molar-refractivity contribution in [3.05, 3.63) is 28.5 Å². The molecule has 0 aliphatic rings. The monoisotopic (exact) mass is 263 g/mol. The number of aryl methyl sites for hydroxylation is 1. The Bertz CT molecular complexity index is 409. The van der Waals surface area contributed by atoms with Crippen molar-refractivity contribution in [1.29, 1.82) is 0 Å². The van der Waals surface area contributed by atoms with Crippen molar-refractivity contribution in [2.45, 2.75) is 13.3 Å². The highest BCUT2D eigenvalue weighted by atomic mass is 35.5. The van der Waals surface area contributed by atoms with Crippen molar-refractivity contribution in [3.63, 3.8) is 0 Å². The maximum atomic E-state index is 13.3. The van der Waals surface area contributed by atoms with Crippen LogP contribution < -0.4 is 4.90 Å². The summed E-state index contributed by atoms with van der Waals surface area (Å²) < 4.78 is 13.3. The molecule has 0 atom stereocenters. The van der Waals surface area contributed by atoms with Gasteiger partial charge in [-0.25, -0.2) is 4.39 Å². The van der Waals surface area contributed by atoms with E-state index in [1.165, 1.54) is 17.0 Å². The molecule has 0 aromatic heterocycles. The summed E-state index contributed by atoms with van der Waals surface area (Å²) in [4.78, 5) is 12.9. The van der Waals surface area contributed by atoms with Gasteiger partial charge in [-0.2, -0.15) is 0 Å². The quantitative estimate of drug-likeness (QED) is 0.766. The minimum atomic E-state index is -0.384. The van der Waals surface area contributed by atoms with Gasteiger partial charge in [-0.3, -0.25) is 4.79 Å². The van der Waals surface area contributed by atoms with Crippen molar-refractivity contribution in [2.75, 3.05) is 17.8 Å². The number of carbonyl (C=O) groups excluding carboxylic acids is 1. The highest BCUT2D eigenvalue weighted by molar-refractivity contribution is 6.34. The Balaban J connectivity index is 3.04. The Morgan fingerprint density at radius 2 is 2.12 bits per heavy atom. The molecule has 0 aliphatic carbocycles. The fourth-order valence-corrected chi connectivity index (χ4v) is 1.78. The van der Waals surface area contributed by atoms with Crippen molar-refractivity contribution >= 4 is 34.8 Å². The van der Waals surface area contributed by atoms with E-state index in [2.05, 4.69) is 0 Å². The number of hydrogen-bond donors (Lipinski definition) is 0. The first-order valence-electron chi connectivity index (χ1n) is 4.75. The van der Waals surface area contributed by atoms with Gasteiger partial charge in [-0.1, -0.05) is 11.6 Å². The third kappa shape index (κ3) is 2.86. The molecular weight excluding hydrogens is 252 g/mol. The summed E-state index contributed by atoms with van der Waals surface area (Å²) in [6.45, 7) is 1.62. The van der Waals surface area contributed by atoms with Crippen molar-refractivity contribution in [3.8, 4) is 0 Å². The molecule has 0 spiro atoms. The zero-order valence-electron chi connectivity index (χ0n) is 9.06. The van der Waals surface area contributed by atoms with Gasteiger partial charge in [0, 0.05) is 19.3 Å². The fraction of sp³-hybridized carbons (Fsp3) is 0.364. The number of anilines is 1. The van der Waals surface area contributed by atoms with Gasteiger partial charge in [-0.05, 0) is 24.6 Å². The van der Waals surface area contributed by atoms with Gasteiger partial charge in [0.05, 0.1) is 10.7 Å². The molecule has 0 fully saturated rings. The van der Waals surface area contributed by atoms with Crippen LogP contribution in [0, 0.1) is 12.7 Å². The van der Waals surface area contributed by atoms with Crippen LogP contribution in [0.1, 0.15) is 12.0 Å². The lowest BCUT2D eigenvalue weighted by Gasteiger charge is -2.18. The molecule has 0 bridgehead atoms. The van der Waals surface area contributed by atoms with Crippen LogP contribution in [0.4, 0.5) is 10.1 Å². The average Bonchev–Trinajstić information content (AvgIpc) is 2.23. The van der Waals surface area contributed by atoms with Crippen LogP contribution >= 0.6 is 23.2 Å². The Morgan fingerprint density at radius 1 is 1.50 bits per heavy atom. The second-order valence-corrected chi connectivity index (χ2v) is 4.23. The summed E-state index contributed by atoms with van der Waals surface area (Å²) in [5.74, 6) is -0.347. The Morgan fingerprint density at radius 3 is 2.69 bits per heavy atom. The van der Waals surface area contributed by atoms with E-state index in [9.17, 15) is 9.18 Å². The predicted octanol–water partition coefficient (Wildman–Crippen LogP) is 3.38. The average molecular weight is 264 g/mol. The maximum Gasteiger partial charge on any atom is 0.227 e. The van der Waals surface area contributed by atoms with Gasteiger partial charge in [-0.15, -0.1) is 11.6 Å². The van der Waals surface area contributed by atoms with Crippen LogP contribution in [0.25, 0.3) is 0 Å². The van der Waals surface area contributed by atoms with Crippen LogP contribution in [0.2, 0.25) is 5.02 Å². The van der Waals surface area contributed by atoms with E-state index < -0.39 is 0 Å². The van der Waals surface area contributed by atoms with Gasteiger partial charge < -0.3 is 4.90 Å². The molecule has 0 unspecified atom stereocenters. The van der Waals surface area contributed by atoms with Crippen LogP contribution in [0.15, 0.2) is 12.1 Å². The second kappa shape index (κ2) is 5.51.